The van der Waals surface area contributed by atoms with Crippen molar-refractivity contribution in [3.63, 3.8) is 0 Å². The molecule has 0 aliphatic carbocycles. The molecular formula is C19H25N3O2. The molecule has 5 heteroatoms. The maximum Gasteiger partial charge on any atom is 0.315 e. The summed E-state index contributed by atoms with van der Waals surface area (Å²) in [6.07, 6.45) is 0.645. The van der Waals surface area contributed by atoms with E-state index in [4.69, 9.17) is 0 Å². The number of carboxylic acids is 1. The molecule has 2 aromatic rings. The van der Waals surface area contributed by atoms with Crippen molar-refractivity contribution in [2.45, 2.75) is 45.7 Å². The van der Waals surface area contributed by atoms with E-state index in [0.717, 1.165) is 30.9 Å². The predicted octanol–water partition coefficient (Wildman–Crippen LogP) is 2.75. The van der Waals surface area contributed by atoms with Gasteiger partial charge in [-0.3, -0.25) is 14.4 Å². The summed E-state index contributed by atoms with van der Waals surface area (Å²) < 4.78 is 2.02. The van der Waals surface area contributed by atoms with E-state index in [1.54, 1.807) is 0 Å². The maximum absolute atomic E-state index is 12.1. The molecule has 1 aliphatic rings. The molecule has 0 saturated carbocycles. The Morgan fingerprint density at radius 2 is 2.00 bits per heavy atom. The number of aromatic nitrogens is 2. The molecule has 1 fully saturated rings. The van der Waals surface area contributed by atoms with Crippen molar-refractivity contribution in [2.75, 3.05) is 13.1 Å². The molecule has 1 saturated heterocycles. The summed E-state index contributed by atoms with van der Waals surface area (Å²) in [7, 11) is 0. The molecule has 0 amide bonds. The highest BCUT2D eigenvalue weighted by molar-refractivity contribution is 5.82. The first-order chi connectivity index (χ1) is 11.5. The minimum atomic E-state index is -0.802. The number of aryl methyl sites for hydroxylation is 2. The fourth-order valence-corrected chi connectivity index (χ4v) is 3.81. The van der Waals surface area contributed by atoms with E-state index in [0.29, 0.717) is 13.0 Å². The number of aliphatic carboxylic acids is 1. The van der Waals surface area contributed by atoms with Crippen molar-refractivity contribution in [1.82, 2.24) is 14.7 Å². The van der Waals surface area contributed by atoms with E-state index < -0.39 is 11.4 Å². The minimum absolute atomic E-state index is 0.544. The number of hydrogen-bond acceptors (Lipinski definition) is 3. The smallest absolute Gasteiger partial charge is 0.315 e. The highest BCUT2D eigenvalue weighted by Gasteiger charge is 2.46. The normalized spacial score (nSPS) is 21.3. The highest BCUT2D eigenvalue weighted by atomic mass is 16.4. The summed E-state index contributed by atoms with van der Waals surface area (Å²) in [5.74, 6) is -0.728. The lowest BCUT2D eigenvalue weighted by Gasteiger charge is -2.25. The van der Waals surface area contributed by atoms with Crippen molar-refractivity contribution in [1.29, 1.82) is 0 Å². The van der Waals surface area contributed by atoms with Gasteiger partial charge in [-0.25, -0.2) is 0 Å². The Bertz CT molecular complexity index is 739. The maximum atomic E-state index is 12.1. The second-order valence-corrected chi connectivity index (χ2v) is 6.68. The summed E-state index contributed by atoms with van der Waals surface area (Å²) in [5, 5.41) is 14.5. The van der Waals surface area contributed by atoms with Gasteiger partial charge in [-0.15, -0.1) is 0 Å². The molecular weight excluding hydrogens is 302 g/mol. The lowest BCUT2D eigenvalue weighted by atomic mass is 9.80. The number of rotatable bonds is 5. The van der Waals surface area contributed by atoms with Crippen LogP contribution in [0.3, 0.4) is 0 Å². The molecule has 1 atom stereocenters. The van der Waals surface area contributed by atoms with Gasteiger partial charge in [-0.05, 0) is 32.8 Å². The third kappa shape index (κ3) is 2.73. The van der Waals surface area contributed by atoms with Gasteiger partial charge < -0.3 is 5.11 Å². The number of carbonyl (C=O) groups is 1. The molecule has 1 N–H and O–H groups in total. The van der Waals surface area contributed by atoms with Crippen LogP contribution < -0.4 is 0 Å². The van der Waals surface area contributed by atoms with Crippen LogP contribution in [0.25, 0.3) is 0 Å². The third-order valence-corrected chi connectivity index (χ3v) is 5.30. The van der Waals surface area contributed by atoms with Gasteiger partial charge in [-0.1, -0.05) is 30.3 Å². The SMILES string of the molecule is CCn1nc(C)c(CN2CCC(C(=O)O)(c3ccccc3)C2)c1C. The molecule has 1 aromatic heterocycles. The first kappa shape index (κ1) is 16.7. The molecule has 5 nitrogen and oxygen atoms in total. The fraction of sp³-hybridized carbons (Fsp3) is 0.474. The molecule has 128 valence electrons. The molecule has 2 heterocycles. The molecule has 1 unspecified atom stereocenters. The highest BCUT2D eigenvalue weighted by Crippen LogP contribution is 2.36. The van der Waals surface area contributed by atoms with Gasteiger partial charge in [-0.2, -0.15) is 5.10 Å². The molecule has 3 rings (SSSR count). The number of carboxylic acid groups (broad SMARTS) is 1. The Hall–Kier alpha value is -2.14. The fourth-order valence-electron chi connectivity index (χ4n) is 3.81. The minimum Gasteiger partial charge on any atom is -0.481 e. The second kappa shape index (κ2) is 6.40. The average molecular weight is 327 g/mol. The molecule has 1 aliphatic heterocycles. The van der Waals surface area contributed by atoms with Crippen molar-refractivity contribution >= 4 is 5.97 Å². The lowest BCUT2D eigenvalue weighted by molar-refractivity contribution is -0.143. The number of hydrogen-bond donors (Lipinski definition) is 1. The van der Waals surface area contributed by atoms with Crippen LogP contribution in [0.4, 0.5) is 0 Å². The van der Waals surface area contributed by atoms with Gasteiger partial charge in [0.15, 0.2) is 0 Å². The molecule has 0 bridgehead atoms. The Balaban J connectivity index is 1.84. The number of likely N-dealkylation sites (tertiary alicyclic amines) is 1. The van der Waals surface area contributed by atoms with Crippen molar-refractivity contribution in [2.24, 2.45) is 0 Å². The topological polar surface area (TPSA) is 58.4 Å². The van der Waals surface area contributed by atoms with Crippen LogP contribution in [0.15, 0.2) is 30.3 Å². The average Bonchev–Trinajstić information content (AvgIpc) is 3.13. The van der Waals surface area contributed by atoms with Crippen LogP contribution in [0.2, 0.25) is 0 Å². The summed E-state index contributed by atoms with van der Waals surface area (Å²) in [6.45, 7) is 9.17. The summed E-state index contributed by atoms with van der Waals surface area (Å²) in [5.41, 5.74) is 3.55. The zero-order chi connectivity index (χ0) is 17.3. The summed E-state index contributed by atoms with van der Waals surface area (Å²) in [6, 6.07) is 9.63. The van der Waals surface area contributed by atoms with Crippen LogP contribution >= 0.6 is 0 Å². The van der Waals surface area contributed by atoms with Crippen LogP contribution in [-0.2, 0) is 23.3 Å². The van der Waals surface area contributed by atoms with E-state index >= 15 is 0 Å². The van der Waals surface area contributed by atoms with Crippen molar-refractivity contribution in [3.05, 3.63) is 52.8 Å². The van der Waals surface area contributed by atoms with E-state index in [1.165, 1.54) is 11.3 Å². The quantitative estimate of drug-likeness (QED) is 0.917. The van der Waals surface area contributed by atoms with Gasteiger partial charge in [0, 0.05) is 37.4 Å². The van der Waals surface area contributed by atoms with E-state index in [9.17, 15) is 9.90 Å². The van der Waals surface area contributed by atoms with Crippen LogP contribution in [0, 0.1) is 13.8 Å². The Kier molecular flexibility index (Phi) is 4.45. The first-order valence-corrected chi connectivity index (χ1v) is 8.52. The van der Waals surface area contributed by atoms with Gasteiger partial charge in [0.2, 0.25) is 0 Å². The first-order valence-electron chi connectivity index (χ1n) is 8.52. The predicted molar refractivity (Wildman–Crippen MR) is 93.0 cm³/mol. The van der Waals surface area contributed by atoms with Crippen molar-refractivity contribution < 1.29 is 9.90 Å². The molecule has 1 aromatic carbocycles. The molecule has 24 heavy (non-hydrogen) atoms. The monoisotopic (exact) mass is 327 g/mol. The molecule has 0 radical (unpaired) electrons. The largest absolute Gasteiger partial charge is 0.481 e. The van der Waals surface area contributed by atoms with Gasteiger partial charge in [0.25, 0.3) is 0 Å². The summed E-state index contributed by atoms with van der Waals surface area (Å²) in [4.78, 5) is 14.3. The lowest BCUT2D eigenvalue weighted by Crippen LogP contribution is -2.38. The Labute approximate surface area is 142 Å². The van der Waals surface area contributed by atoms with E-state index in [2.05, 4.69) is 23.8 Å². The Morgan fingerprint density at radius 3 is 2.58 bits per heavy atom. The second-order valence-electron chi connectivity index (χ2n) is 6.68. The standard InChI is InChI=1S/C19H25N3O2/c1-4-22-15(3)17(14(2)20-22)12-21-11-10-19(13-21,18(23)24)16-8-6-5-7-9-16/h5-9H,4,10-13H2,1-3H3,(H,23,24). The van der Waals surface area contributed by atoms with Crippen LogP contribution in [0.5, 0.6) is 0 Å². The van der Waals surface area contributed by atoms with Gasteiger partial charge >= 0.3 is 5.97 Å². The molecule has 0 spiro atoms. The van der Waals surface area contributed by atoms with Crippen molar-refractivity contribution in [3.8, 4) is 0 Å². The summed E-state index contributed by atoms with van der Waals surface area (Å²) >= 11 is 0. The van der Waals surface area contributed by atoms with Gasteiger partial charge in [0.1, 0.15) is 5.41 Å². The van der Waals surface area contributed by atoms with Crippen LogP contribution in [0.1, 0.15) is 35.9 Å². The zero-order valence-electron chi connectivity index (χ0n) is 14.6. The third-order valence-electron chi connectivity index (χ3n) is 5.30. The number of nitrogens with zero attached hydrogens (tertiary/aromatic N) is 3. The van der Waals surface area contributed by atoms with E-state index in [-0.39, 0.29) is 0 Å². The van der Waals surface area contributed by atoms with Crippen LogP contribution in [-0.4, -0.2) is 38.8 Å². The zero-order valence-corrected chi connectivity index (χ0v) is 14.6. The van der Waals surface area contributed by atoms with E-state index in [1.807, 2.05) is 41.9 Å². The van der Waals surface area contributed by atoms with Gasteiger partial charge in [0.05, 0.1) is 5.69 Å². The Morgan fingerprint density at radius 1 is 1.29 bits per heavy atom. The number of benzene rings is 1.